The Morgan fingerprint density at radius 3 is 2.41 bits per heavy atom. The third-order valence-corrected chi connectivity index (χ3v) is 2.43. The van der Waals surface area contributed by atoms with E-state index in [1.807, 2.05) is 0 Å². The maximum Gasteiger partial charge on any atom is 0.302 e. The van der Waals surface area contributed by atoms with Crippen molar-refractivity contribution in [1.29, 1.82) is 0 Å². The van der Waals surface area contributed by atoms with Crippen molar-refractivity contribution >= 4 is 5.97 Å². The number of carbonyl (C=O) groups excluding carboxylic acids is 1. The molecule has 0 aromatic carbocycles. The summed E-state index contributed by atoms with van der Waals surface area (Å²) in [5, 5.41) is 37.0. The first kappa shape index (κ1) is 14.3. The van der Waals surface area contributed by atoms with Gasteiger partial charge < -0.3 is 29.9 Å². The van der Waals surface area contributed by atoms with Crippen LogP contribution in [0.1, 0.15) is 6.92 Å². The average molecular weight is 254 g/mol. The molecule has 7 nitrogen and oxygen atoms in total. The molecule has 0 amide bonds. The molecule has 0 bridgehead atoms. The van der Waals surface area contributed by atoms with Crippen LogP contribution in [-0.4, -0.2) is 69.9 Å². The lowest BCUT2D eigenvalue weighted by Gasteiger charge is -2.39. The van der Waals surface area contributed by atoms with Crippen molar-refractivity contribution in [3.8, 4) is 0 Å². The van der Waals surface area contributed by atoms with Gasteiger partial charge in [-0.05, 0) is 0 Å². The van der Waals surface area contributed by atoms with E-state index in [1.165, 1.54) is 0 Å². The van der Waals surface area contributed by atoms with Crippen molar-refractivity contribution < 1.29 is 39.1 Å². The lowest BCUT2D eigenvalue weighted by atomic mass is 9.96. The number of aliphatic hydroxyl groups is 4. The molecular formula is C9H15FO7. The van der Waals surface area contributed by atoms with Gasteiger partial charge >= 0.3 is 5.97 Å². The number of aliphatic hydroxyl groups excluding tert-OH is 4. The van der Waals surface area contributed by atoms with E-state index in [0.717, 1.165) is 6.92 Å². The molecule has 1 aliphatic heterocycles. The van der Waals surface area contributed by atoms with Crippen molar-refractivity contribution in [3.05, 3.63) is 0 Å². The second-order valence-electron chi connectivity index (χ2n) is 3.78. The fourth-order valence-electron chi connectivity index (χ4n) is 1.48. The van der Waals surface area contributed by atoms with Gasteiger partial charge in [-0.3, -0.25) is 4.79 Å². The minimum atomic E-state index is -1.93. The number of ether oxygens (including phenoxy) is 2. The molecule has 1 aliphatic rings. The minimum absolute atomic E-state index is 0.674. The number of carbonyl (C=O) groups is 1. The van der Waals surface area contributed by atoms with Gasteiger partial charge in [0.15, 0.2) is 12.5 Å². The summed E-state index contributed by atoms with van der Waals surface area (Å²) in [7, 11) is 0. The Morgan fingerprint density at radius 2 is 1.88 bits per heavy atom. The summed E-state index contributed by atoms with van der Waals surface area (Å²) in [5.41, 5.74) is 0. The molecule has 5 unspecified atom stereocenters. The molecule has 0 saturated carbocycles. The Bertz CT molecular complexity index is 274. The Hall–Kier alpha value is -0.800. The van der Waals surface area contributed by atoms with Gasteiger partial charge in [0.25, 0.3) is 0 Å². The fourth-order valence-corrected chi connectivity index (χ4v) is 1.48. The first-order valence-electron chi connectivity index (χ1n) is 4.99. The number of esters is 1. The number of hydrogen-bond acceptors (Lipinski definition) is 7. The molecule has 8 heteroatoms. The molecule has 0 aromatic rings. The Morgan fingerprint density at radius 1 is 1.29 bits per heavy atom. The number of halogens is 1. The molecule has 1 heterocycles. The van der Waals surface area contributed by atoms with E-state index in [0.29, 0.717) is 0 Å². The van der Waals surface area contributed by atoms with Crippen LogP contribution in [0.5, 0.6) is 0 Å². The largest absolute Gasteiger partial charge is 0.463 e. The second kappa shape index (κ2) is 5.69. The van der Waals surface area contributed by atoms with Crippen molar-refractivity contribution in [2.75, 3.05) is 6.61 Å². The van der Waals surface area contributed by atoms with Gasteiger partial charge in [0.1, 0.15) is 31.0 Å². The number of alkyl halides is 1. The zero-order valence-electron chi connectivity index (χ0n) is 9.06. The van der Waals surface area contributed by atoms with E-state index in [-0.39, 0.29) is 0 Å². The van der Waals surface area contributed by atoms with Crippen LogP contribution in [0.2, 0.25) is 0 Å². The molecule has 0 aromatic heterocycles. The summed E-state index contributed by atoms with van der Waals surface area (Å²) in [4.78, 5) is 10.5. The third-order valence-electron chi connectivity index (χ3n) is 2.43. The summed E-state index contributed by atoms with van der Waals surface area (Å²) in [6, 6.07) is 0. The van der Waals surface area contributed by atoms with Gasteiger partial charge in [0.05, 0.1) is 0 Å². The molecule has 1 saturated heterocycles. The normalized spacial score (nSPS) is 39.8. The zero-order chi connectivity index (χ0) is 13.2. The second-order valence-corrected chi connectivity index (χ2v) is 3.78. The van der Waals surface area contributed by atoms with E-state index >= 15 is 0 Å². The molecule has 4 N–H and O–H groups in total. The smallest absolute Gasteiger partial charge is 0.302 e. The van der Waals surface area contributed by atoms with E-state index in [1.54, 1.807) is 0 Å². The van der Waals surface area contributed by atoms with E-state index < -0.39 is 49.5 Å². The van der Waals surface area contributed by atoms with Crippen LogP contribution in [0.4, 0.5) is 4.39 Å². The third kappa shape index (κ3) is 3.33. The van der Waals surface area contributed by atoms with Gasteiger partial charge in [-0.2, -0.15) is 0 Å². The van der Waals surface area contributed by atoms with Crippen LogP contribution in [-0.2, 0) is 14.3 Å². The fraction of sp³-hybridized carbons (Fsp3) is 0.889. The predicted octanol–water partition coefficient (Wildman–Crippen LogP) is -2.31. The SMILES string of the molecule is CC(=O)OC[C@H](F)C1OC(O)C(O)C(O)C1O. The topological polar surface area (TPSA) is 116 Å². The predicted molar refractivity (Wildman–Crippen MR) is 50.4 cm³/mol. The van der Waals surface area contributed by atoms with Crippen molar-refractivity contribution in [2.24, 2.45) is 0 Å². The summed E-state index contributed by atoms with van der Waals surface area (Å²) in [5.74, 6) is -0.709. The molecule has 1 fully saturated rings. The molecular weight excluding hydrogens is 239 g/mol. The van der Waals surface area contributed by atoms with Crippen molar-refractivity contribution in [2.45, 2.75) is 43.8 Å². The molecule has 0 aliphatic carbocycles. The molecule has 0 spiro atoms. The van der Waals surface area contributed by atoms with Crippen molar-refractivity contribution in [3.63, 3.8) is 0 Å². The quantitative estimate of drug-likeness (QED) is 0.418. The van der Waals surface area contributed by atoms with Crippen LogP contribution in [0.3, 0.4) is 0 Å². The molecule has 1 rings (SSSR count). The van der Waals surface area contributed by atoms with Crippen LogP contribution < -0.4 is 0 Å². The summed E-state index contributed by atoms with van der Waals surface area (Å²) < 4.78 is 22.5. The maximum atomic E-state index is 13.5. The van der Waals surface area contributed by atoms with E-state index in [4.69, 9.17) is 10.2 Å². The van der Waals surface area contributed by atoms with Gasteiger partial charge in [-0.15, -0.1) is 0 Å². The van der Waals surface area contributed by atoms with Gasteiger partial charge in [-0.1, -0.05) is 0 Å². The minimum Gasteiger partial charge on any atom is -0.463 e. The van der Waals surface area contributed by atoms with Crippen molar-refractivity contribution in [1.82, 2.24) is 0 Å². The highest BCUT2D eigenvalue weighted by molar-refractivity contribution is 5.65. The molecule has 100 valence electrons. The molecule has 0 radical (unpaired) electrons. The van der Waals surface area contributed by atoms with Crippen LogP contribution in [0.15, 0.2) is 0 Å². The monoisotopic (exact) mass is 254 g/mol. The molecule has 6 atom stereocenters. The number of rotatable bonds is 3. The highest BCUT2D eigenvalue weighted by atomic mass is 19.1. The van der Waals surface area contributed by atoms with Gasteiger partial charge in [0, 0.05) is 6.92 Å². The summed E-state index contributed by atoms with van der Waals surface area (Å²) >= 11 is 0. The maximum absolute atomic E-state index is 13.5. The Balaban J connectivity index is 2.60. The highest BCUT2D eigenvalue weighted by Gasteiger charge is 2.46. The van der Waals surface area contributed by atoms with Crippen LogP contribution in [0, 0.1) is 0 Å². The average Bonchev–Trinajstić information content (AvgIpc) is 2.28. The van der Waals surface area contributed by atoms with E-state index in [9.17, 15) is 19.4 Å². The Labute approximate surface area is 96.4 Å². The highest BCUT2D eigenvalue weighted by Crippen LogP contribution is 2.23. The first-order chi connectivity index (χ1) is 7.84. The summed E-state index contributed by atoms with van der Waals surface area (Å²) in [6.45, 7) is 0.408. The van der Waals surface area contributed by atoms with Gasteiger partial charge in [-0.25, -0.2) is 4.39 Å². The summed E-state index contributed by atoms with van der Waals surface area (Å²) in [6.07, 6.45) is -10.5. The number of hydrogen-bond donors (Lipinski definition) is 4. The first-order valence-corrected chi connectivity index (χ1v) is 4.99. The van der Waals surface area contributed by atoms with Crippen LogP contribution in [0.25, 0.3) is 0 Å². The lowest BCUT2D eigenvalue weighted by molar-refractivity contribution is -0.293. The van der Waals surface area contributed by atoms with Gasteiger partial charge in [0.2, 0.25) is 0 Å². The lowest BCUT2D eigenvalue weighted by Crippen LogP contribution is -2.60. The Kier molecular flexibility index (Phi) is 4.78. The standard InChI is InChI=1S/C9H15FO7/c1-3(11)16-2-4(10)8-6(13)5(12)7(14)9(15)17-8/h4-9,12-15H,2H2,1H3/t4-,5?,6?,7?,8?,9?/m0/s1. The molecule has 17 heavy (non-hydrogen) atoms. The zero-order valence-corrected chi connectivity index (χ0v) is 9.06. The van der Waals surface area contributed by atoms with E-state index in [2.05, 4.69) is 9.47 Å². The van der Waals surface area contributed by atoms with Crippen LogP contribution >= 0.6 is 0 Å².